The molecule has 0 saturated carbocycles. The zero-order valence-electron chi connectivity index (χ0n) is 15.5. The first-order valence-corrected chi connectivity index (χ1v) is 7.97. The summed E-state index contributed by atoms with van der Waals surface area (Å²) < 4.78 is 15.2. The van der Waals surface area contributed by atoms with Crippen LogP contribution in [0.5, 0.6) is 23.0 Å². The number of hydrazone groups is 1. The number of hydrogen-bond acceptors (Lipinski definition) is 8. The number of phenols is 1. The number of non-ortho nitro benzene ring substituents is 1. The standard InChI is InChI=1S/C18H19N3O7/c1-26-14-5-4-11(6-15(14)27-2)7-17(22)20-19-10-12-8-13(21(24)25)9-16(28-3)18(12)23/h4-6,8-10,23H,7H2,1-3H3,(H,20,22). The summed E-state index contributed by atoms with van der Waals surface area (Å²) in [7, 11) is 4.27. The molecule has 0 fully saturated rings. The molecule has 0 heterocycles. The van der Waals surface area contributed by atoms with Gasteiger partial charge in [-0.2, -0.15) is 5.10 Å². The molecule has 2 aromatic rings. The van der Waals surface area contributed by atoms with Crippen LogP contribution in [0.4, 0.5) is 5.69 Å². The van der Waals surface area contributed by atoms with Crippen LogP contribution >= 0.6 is 0 Å². The summed E-state index contributed by atoms with van der Waals surface area (Å²) in [5, 5.41) is 24.7. The highest BCUT2D eigenvalue weighted by atomic mass is 16.6. The van der Waals surface area contributed by atoms with Gasteiger partial charge < -0.3 is 19.3 Å². The molecule has 0 atom stereocenters. The second-order valence-corrected chi connectivity index (χ2v) is 5.50. The van der Waals surface area contributed by atoms with Crippen molar-refractivity contribution in [3.8, 4) is 23.0 Å². The highest BCUT2D eigenvalue weighted by Gasteiger charge is 2.16. The summed E-state index contributed by atoms with van der Waals surface area (Å²) in [5.41, 5.74) is 2.71. The van der Waals surface area contributed by atoms with Crippen LogP contribution in [0.3, 0.4) is 0 Å². The molecule has 2 aromatic carbocycles. The predicted molar refractivity (Wildman–Crippen MR) is 100 cm³/mol. The molecule has 2 N–H and O–H groups in total. The third-order valence-electron chi connectivity index (χ3n) is 3.73. The predicted octanol–water partition coefficient (Wildman–Crippen LogP) is 2.02. The number of methoxy groups -OCH3 is 3. The van der Waals surface area contributed by atoms with Gasteiger partial charge in [-0.1, -0.05) is 6.07 Å². The number of nitrogens with zero attached hydrogens (tertiary/aromatic N) is 2. The minimum atomic E-state index is -0.630. The number of rotatable bonds is 8. The summed E-state index contributed by atoms with van der Waals surface area (Å²) >= 11 is 0. The monoisotopic (exact) mass is 389 g/mol. The molecule has 0 unspecified atom stereocenters. The van der Waals surface area contributed by atoms with E-state index < -0.39 is 10.8 Å². The smallest absolute Gasteiger partial charge is 0.274 e. The summed E-state index contributed by atoms with van der Waals surface area (Å²) in [6.45, 7) is 0. The Hall–Kier alpha value is -3.82. The summed E-state index contributed by atoms with van der Waals surface area (Å²) in [4.78, 5) is 22.4. The SMILES string of the molecule is COc1ccc(CC(=O)NN=Cc2cc([N+](=O)[O-])cc(OC)c2O)cc1OC. The van der Waals surface area contributed by atoms with E-state index in [9.17, 15) is 20.0 Å². The summed E-state index contributed by atoms with van der Waals surface area (Å²) in [6, 6.07) is 7.25. The van der Waals surface area contributed by atoms with Crippen molar-refractivity contribution in [1.29, 1.82) is 0 Å². The first-order valence-electron chi connectivity index (χ1n) is 7.97. The highest BCUT2D eigenvalue weighted by molar-refractivity contribution is 5.87. The number of hydrogen-bond donors (Lipinski definition) is 2. The molecule has 0 aliphatic rings. The fraction of sp³-hybridized carbons (Fsp3) is 0.222. The van der Waals surface area contributed by atoms with Gasteiger partial charge >= 0.3 is 0 Å². The molecule has 10 heteroatoms. The number of nitrogens with one attached hydrogen (secondary N) is 1. The van der Waals surface area contributed by atoms with E-state index in [4.69, 9.17) is 14.2 Å². The van der Waals surface area contributed by atoms with Crippen molar-refractivity contribution in [3.05, 3.63) is 51.6 Å². The number of aromatic hydroxyl groups is 1. The van der Waals surface area contributed by atoms with E-state index in [0.29, 0.717) is 17.1 Å². The van der Waals surface area contributed by atoms with E-state index in [1.807, 2.05) is 0 Å². The van der Waals surface area contributed by atoms with E-state index in [1.165, 1.54) is 21.3 Å². The van der Waals surface area contributed by atoms with Crippen molar-refractivity contribution in [3.63, 3.8) is 0 Å². The fourth-order valence-corrected chi connectivity index (χ4v) is 2.36. The number of nitro groups is 1. The molecule has 0 aliphatic carbocycles. The van der Waals surface area contributed by atoms with E-state index in [2.05, 4.69) is 10.5 Å². The van der Waals surface area contributed by atoms with Crippen molar-refractivity contribution >= 4 is 17.8 Å². The van der Waals surface area contributed by atoms with Gasteiger partial charge in [0.2, 0.25) is 5.91 Å². The number of ether oxygens (including phenoxy) is 3. The molecule has 0 aliphatic heterocycles. The molecule has 0 aromatic heterocycles. The zero-order valence-corrected chi connectivity index (χ0v) is 15.5. The van der Waals surface area contributed by atoms with Crippen molar-refractivity contribution in [2.45, 2.75) is 6.42 Å². The number of carbonyl (C=O) groups excluding carboxylic acids is 1. The van der Waals surface area contributed by atoms with E-state index >= 15 is 0 Å². The van der Waals surface area contributed by atoms with Crippen LogP contribution in [0.1, 0.15) is 11.1 Å². The minimum Gasteiger partial charge on any atom is -0.504 e. The number of nitro benzene ring substituents is 1. The van der Waals surface area contributed by atoms with Crippen molar-refractivity contribution in [2.75, 3.05) is 21.3 Å². The Balaban J connectivity index is 2.09. The first-order chi connectivity index (χ1) is 13.4. The normalized spacial score (nSPS) is 10.5. The highest BCUT2D eigenvalue weighted by Crippen LogP contribution is 2.33. The molecule has 0 radical (unpaired) electrons. The molecular weight excluding hydrogens is 370 g/mol. The Morgan fingerprint density at radius 1 is 1.14 bits per heavy atom. The quantitative estimate of drug-likeness (QED) is 0.401. The van der Waals surface area contributed by atoms with Gasteiger partial charge in [0.05, 0.1) is 45.0 Å². The number of carbonyl (C=O) groups is 1. The lowest BCUT2D eigenvalue weighted by molar-refractivity contribution is -0.385. The van der Waals surface area contributed by atoms with Crippen LogP contribution in [-0.4, -0.2) is 43.5 Å². The average molecular weight is 389 g/mol. The molecule has 1 amide bonds. The van der Waals surface area contributed by atoms with Gasteiger partial charge in [0, 0.05) is 11.6 Å². The van der Waals surface area contributed by atoms with E-state index in [0.717, 1.165) is 18.3 Å². The Kier molecular flexibility index (Phi) is 6.74. The lowest BCUT2D eigenvalue weighted by atomic mass is 10.1. The Bertz CT molecular complexity index is 912. The first kappa shape index (κ1) is 20.5. The van der Waals surface area contributed by atoms with Crippen LogP contribution in [0.15, 0.2) is 35.4 Å². The van der Waals surface area contributed by atoms with Gasteiger partial charge in [0.15, 0.2) is 23.0 Å². The van der Waals surface area contributed by atoms with Gasteiger partial charge in [0.1, 0.15) is 0 Å². The van der Waals surface area contributed by atoms with Crippen LogP contribution in [0.25, 0.3) is 0 Å². The largest absolute Gasteiger partial charge is 0.504 e. The lowest BCUT2D eigenvalue weighted by Crippen LogP contribution is -2.19. The molecule has 0 spiro atoms. The molecule has 28 heavy (non-hydrogen) atoms. The molecule has 148 valence electrons. The Labute approximate surface area is 160 Å². The van der Waals surface area contributed by atoms with Crippen LogP contribution in [0.2, 0.25) is 0 Å². The van der Waals surface area contributed by atoms with Gasteiger partial charge in [-0.05, 0) is 17.7 Å². The maximum absolute atomic E-state index is 12.0. The minimum absolute atomic E-state index is 0.0158. The topological polar surface area (TPSA) is 133 Å². The van der Waals surface area contributed by atoms with Gasteiger partial charge in [0.25, 0.3) is 5.69 Å². The lowest BCUT2D eigenvalue weighted by Gasteiger charge is -2.09. The van der Waals surface area contributed by atoms with Crippen molar-refractivity contribution in [2.24, 2.45) is 5.10 Å². The second kappa shape index (κ2) is 9.21. The molecule has 10 nitrogen and oxygen atoms in total. The zero-order chi connectivity index (χ0) is 20.7. The second-order valence-electron chi connectivity index (χ2n) is 5.50. The van der Waals surface area contributed by atoms with Crippen molar-refractivity contribution in [1.82, 2.24) is 5.43 Å². The Morgan fingerprint density at radius 2 is 1.82 bits per heavy atom. The van der Waals surface area contributed by atoms with Gasteiger partial charge in [-0.25, -0.2) is 5.43 Å². The maximum Gasteiger partial charge on any atom is 0.274 e. The van der Waals surface area contributed by atoms with E-state index in [1.54, 1.807) is 18.2 Å². The Morgan fingerprint density at radius 3 is 2.43 bits per heavy atom. The van der Waals surface area contributed by atoms with Crippen LogP contribution in [-0.2, 0) is 11.2 Å². The number of phenolic OH excluding ortho intramolecular Hbond substituents is 1. The number of benzene rings is 2. The van der Waals surface area contributed by atoms with E-state index in [-0.39, 0.29) is 29.2 Å². The summed E-state index contributed by atoms with van der Waals surface area (Å²) in [5.74, 6) is 0.198. The van der Waals surface area contributed by atoms with Gasteiger partial charge in [-0.15, -0.1) is 0 Å². The summed E-state index contributed by atoms with van der Waals surface area (Å²) in [6.07, 6.45) is 1.11. The fourth-order valence-electron chi connectivity index (χ4n) is 2.36. The molecule has 0 saturated heterocycles. The third-order valence-corrected chi connectivity index (χ3v) is 3.73. The third kappa shape index (κ3) is 4.87. The molecular formula is C18H19N3O7. The maximum atomic E-state index is 12.0. The van der Waals surface area contributed by atoms with Crippen molar-refractivity contribution < 1.29 is 29.0 Å². The van der Waals surface area contributed by atoms with Crippen LogP contribution in [0, 0.1) is 10.1 Å². The van der Waals surface area contributed by atoms with Gasteiger partial charge in [-0.3, -0.25) is 14.9 Å². The molecule has 0 bridgehead atoms. The molecule has 2 rings (SSSR count). The number of amides is 1. The average Bonchev–Trinajstić information content (AvgIpc) is 2.68. The van der Waals surface area contributed by atoms with Crippen LogP contribution < -0.4 is 19.6 Å².